The molecule has 1 unspecified atom stereocenters. The van der Waals surface area contributed by atoms with Crippen LogP contribution in [-0.2, 0) is 29.1 Å². The molecule has 1 aliphatic rings. The number of carbonyl (C=O) groups is 3. The fourth-order valence-corrected chi connectivity index (χ4v) is 9.21. The molecule has 2 heterocycles. The minimum atomic E-state index is -0.690. The van der Waals surface area contributed by atoms with Crippen molar-refractivity contribution in [2.75, 3.05) is 17.2 Å². The largest absolute Gasteiger partial charge is 0.321 e. The number of thioether (sulfide) groups is 1. The van der Waals surface area contributed by atoms with Crippen molar-refractivity contribution >= 4 is 80.8 Å². The molecule has 8 nitrogen and oxygen atoms in total. The maximum Gasteiger partial charge on any atom is 0.272 e. The van der Waals surface area contributed by atoms with E-state index in [1.807, 2.05) is 54.6 Å². The number of benzene rings is 5. The van der Waals surface area contributed by atoms with Gasteiger partial charge < -0.3 is 16.0 Å². The van der Waals surface area contributed by atoms with Crippen LogP contribution in [0.3, 0.4) is 0 Å². The van der Waals surface area contributed by atoms with Gasteiger partial charge in [-0.3, -0.25) is 19.3 Å². The number of hydrogen-bond donors (Lipinski definition) is 3. The number of nitrogens with one attached hydrogen (secondary N) is 3. The summed E-state index contributed by atoms with van der Waals surface area (Å²) in [6.45, 7) is 2.33. The summed E-state index contributed by atoms with van der Waals surface area (Å²) in [6.07, 6.45) is 2.22. The molecule has 0 spiro atoms. The van der Waals surface area contributed by atoms with Crippen molar-refractivity contribution < 1.29 is 14.4 Å². The summed E-state index contributed by atoms with van der Waals surface area (Å²) >= 11 is 15.3. The van der Waals surface area contributed by atoms with Crippen LogP contribution in [-0.4, -0.2) is 29.2 Å². The summed E-state index contributed by atoms with van der Waals surface area (Å²) < 4.78 is 0. The number of nitrogens with zero attached hydrogens (tertiary/aromatic N) is 2. The Kier molecular flexibility index (Phi) is 12.9. The summed E-state index contributed by atoms with van der Waals surface area (Å²) in [5.41, 5.74) is 4.78. The van der Waals surface area contributed by atoms with Crippen LogP contribution >= 0.6 is 46.3 Å². The lowest BCUT2D eigenvalue weighted by atomic mass is 10.0. The Hall–Kier alpha value is -5.67. The molecule has 1 atom stereocenters. The quantitative estimate of drug-likeness (QED) is 0.0836. The summed E-state index contributed by atoms with van der Waals surface area (Å²) in [4.78, 5) is 45.4. The Morgan fingerprint density at radius 3 is 2.30 bits per heavy atom. The van der Waals surface area contributed by atoms with Crippen LogP contribution in [0.1, 0.15) is 48.3 Å². The van der Waals surface area contributed by atoms with Crippen molar-refractivity contribution in [1.29, 1.82) is 5.26 Å². The molecular formula is C45H35Cl2N5O3S2. The maximum absolute atomic E-state index is 14.2. The van der Waals surface area contributed by atoms with Crippen LogP contribution in [0.2, 0.25) is 10.0 Å². The average molecular weight is 829 g/mol. The van der Waals surface area contributed by atoms with E-state index in [0.717, 1.165) is 35.5 Å². The number of thiophene rings is 1. The third-order valence-electron chi connectivity index (χ3n) is 9.21. The molecule has 7 rings (SSSR count). The third kappa shape index (κ3) is 10.0. The van der Waals surface area contributed by atoms with Crippen molar-refractivity contribution in [2.45, 2.75) is 29.7 Å². The van der Waals surface area contributed by atoms with Crippen molar-refractivity contribution in [3.63, 3.8) is 0 Å². The number of anilines is 2. The molecule has 0 aliphatic carbocycles. The van der Waals surface area contributed by atoms with Gasteiger partial charge in [-0.05, 0) is 77.2 Å². The van der Waals surface area contributed by atoms with Gasteiger partial charge in [-0.1, -0.05) is 114 Å². The molecule has 3 amide bonds. The molecule has 0 saturated carbocycles. The van der Waals surface area contributed by atoms with E-state index in [2.05, 4.69) is 39.1 Å². The minimum absolute atomic E-state index is 0.0391. The van der Waals surface area contributed by atoms with E-state index in [0.29, 0.717) is 48.9 Å². The fourth-order valence-electron chi connectivity index (χ4n) is 6.42. The predicted molar refractivity (Wildman–Crippen MR) is 230 cm³/mol. The first-order valence-electron chi connectivity index (χ1n) is 18.0. The van der Waals surface area contributed by atoms with Gasteiger partial charge in [-0.25, -0.2) is 0 Å². The van der Waals surface area contributed by atoms with Gasteiger partial charge >= 0.3 is 0 Å². The van der Waals surface area contributed by atoms with E-state index in [4.69, 9.17) is 23.2 Å². The second-order valence-corrected chi connectivity index (χ2v) is 16.3. The van der Waals surface area contributed by atoms with E-state index in [-0.39, 0.29) is 11.6 Å². The molecule has 3 N–H and O–H groups in total. The zero-order valence-electron chi connectivity index (χ0n) is 30.4. The highest BCUT2D eigenvalue weighted by Crippen LogP contribution is 2.41. The van der Waals surface area contributed by atoms with E-state index in [1.165, 1.54) is 34.7 Å². The van der Waals surface area contributed by atoms with Gasteiger partial charge in [0.25, 0.3) is 11.8 Å². The third-order valence-corrected chi connectivity index (χ3v) is 12.2. The molecule has 0 bridgehead atoms. The molecule has 57 heavy (non-hydrogen) atoms. The highest BCUT2D eigenvalue weighted by Gasteiger charge is 2.28. The number of halogens is 2. The highest BCUT2D eigenvalue weighted by molar-refractivity contribution is 8.00. The second kappa shape index (κ2) is 18.5. The molecule has 5 aromatic carbocycles. The number of fused-ring (bicyclic) bond motifs is 1. The van der Waals surface area contributed by atoms with Crippen LogP contribution in [0.25, 0.3) is 6.08 Å². The zero-order chi connectivity index (χ0) is 39.7. The number of amides is 3. The first-order chi connectivity index (χ1) is 27.7. The van der Waals surface area contributed by atoms with E-state index < -0.39 is 17.1 Å². The molecule has 0 saturated heterocycles. The Bertz CT molecular complexity index is 2490. The molecular weight excluding hydrogens is 794 g/mol. The van der Waals surface area contributed by atoms with E-state index in [1.54, 1.807) is 66.7 Å². The predicted octanol–water partition coefficient (Wildman–Crippen LogP) is 10.4. The van der Waals surface area contributed by atoms with Crippen molar-refractivity contribution in [3.8, 4) is 6.07 Å². The summed E-state index contributed by atoms with van der Waals surface area (Å²) in [5.74, 6) is -1.33. The van der Waals surface area contributed by atoms with Crippen LogP contribution < -0.4 is 16.0 Å². The SMILES string of the molecule is N#Cc1c(NC(=O)C(Sc2cccc(NC(=O)/C(=C\c3ccc(Cl)cc3Cl)NC(=O)c3ccccc3)c2)c2ccccc2)sc2c1CCN(Cc1ccccc1)C2. The molecule has 0 radical (unpaired) electrons. The molecule has 284 valence electrons. The number of carbonyl (C=O) groups excluding carboxylic acids is 3. The van der Waals surface area contributed by atoms with Gasteiger partial charge in [0.05, 0.1) is 5.56 Å². The summed E-state index contributed by atoms with van der Waals surface area (Å²) in [5, 5.41) is 19.6. The van der Waals surface area contributed by atoms with E-state index in [9.17, 15) is 19.6 Å². The highest BCUT2D eigenvalue weighted by atomic mass is 35.5. The van der Waals surface area contributed by atoms with Crippen molar-refractivity contribution in [2.24, 2.45) is 0 Å². The standard InChI is InChI=1S/C45H35Cl2N5O3S2/c46-33-20-19-32(38(47)24-33)23-39(50-42(53)31-15-8-3-9-16-31)43(54)49-34-17-10-18-35(25-34)56-41(30-13-6-2-7-14-30)44(55)51-45-37(26-48)36-21-22-52(28-40(36)57-45)27-29-11-4-1-5-12-29/h1-20,23-25,41H,21-22,27-28H2,(H,49,54)(H,50,53)(H,51,55)/b39-23+. The monoisotopic (exact) mass is 827 g/mol. The van der Waals surface area contributed by atoms with Gasteiger partial charge in [0, 0.05) is 50.7 Å². The van der Waals surface area contributed by atoms with Crippen LogP contribution in [0.15, 0.2) is 144 Å². The first-order valence-corrected chi connectivity index (χ1v) is 20.5. The fraction of sp³-hybridized carbons (Fsp3) is 0.111. The molecule has 6 aromatic rings. The minimum Gasteiger partial charge on any atom is -0.321 e. The van der Waals surface area contributed by atoms with Gasteiger partial charge in [-0.2, -0.15) is 5.26 Å². The Balaban J connectivity index is 1.10. The maximum atomic E-state index is 14.2. The van der Waals surface area contributed by atoms with E-state index >= 15 is 0 Å². The van der Waals surface area contributed by atoms with Gasteiger partial charge in [-0.15, -0.1) is 23.1 Å². The lowest BCUT2D eigenvalue weighted by Gasteiger charge is -2.26. The smallest absolute Gasteiger partial charge is 0.272 e. The van der Waals surface area contributed by atoms with Crippen molar-refractivity contribution in [3.05, 3.63) is 187 Å². The van der Waals surface area contributed by atoms with Gasteiger partial charge in [0.2, 0.25) is 5.91 Å². The Morgan fingerprint density at radius 2 is 1.58 bits per heavy atom. The van der Waals surface area contributed by atoms with Gasteiger partial charge in [0.1, 0.15) is 22.0 Å². The molecule has 1 aromatic heterocycles. The lowest BCUT2D eigenvalue weighted by molar-refractivity contribution is -0.116. The van der Waals surface area contributed by atoms with Crippen molar-refractivity contribution in [1.82, 2.24) is 10.2 Å². The number of hydrogen-bond acceptors (Lipinski definition) is 7. The normalized spacial score (nSPS) is 13.2. The van der Waals surface area contributed by atoms with Crippen LogP contribution in [0, 0.1) is 11.3 Å². The molecule has 0 fully saturated rings. The molecule has 12 heteroatoms. The summed E-state index contributed by atoms with van der Waals surface area (Å²) in [6, 6.07) is 42.6. The summed E-state index contributed by atoms with van der Waals surface area (Å²) in [7, 11) is 0. The lowest BCUT2D eigenvalue weighted by Crippen LogP contribution is -2.30. The van der Waals surface area contributed by atoms with Gasteiger partial charge in [0.15, 0.2) is 0 Å². The number of rotatable bonds is 12. The van der Waals surface area contributed by atoms with Crippen LogP contribution in [0.4, 0.5) is 10.7 Å². The molecule has 1 aliphatic heterocycles. The first kappa shape index (κ1) is 39.6. The average Bonchev–Trinajstić information content (AvgIpc) is 3.57. The zero-order valence-corrected chi connectivity index (χ0v) is 33.5. The number of nitriles is 1. The topological polar surface area (TPSA) is 114 Å². The van der Waals surface area contributed by atoms with Crippen LogP contribution in [0.5, 0.6) is 0 Å². The Labute approximate surface area is 349 Å². The Morgan fingerprint density at radius 1 is 0.860 bits per heavy atom. The second-order valence-electron chi connectivity index (χ2n) is 13.2.